The lowest BCUT2D eigenvalue weighted by Gasteiger charge is -2.35. The predicted molar refractivity (Wildman–Crippen MR) is 121 cm³/mol. The van der Waals surface area contributed by atoms with Gasteiger partial charge in [-0.3, -0.25) is 14.3 Å². The van der Waals surface area contributed by atoms with E-state index in [1.54, 1.807) is 12.1 Å². The number of thioether (sulfide) groups is 1. The molecule has 8 heteroatoms. The fraction of sp³-hybridized carbons (Fsp3) is 0.609. The van der Waals surface area contributed by atoms with Gasteiger partial charge in [0.25, 0.3) is 0 Å². The van der Waals surface area contributed by atoms with E-state index in [1.165, 1.54) is 49.6 Å². The molecule has 0 N–H and O–H groups in total. The molecule has 2 aromatic rings. The van der Waals surface area contributed by atoms with Gasteiger partial charge < -0.3 is 4.90 Å². The van der Waals surface area contributed by atoms with Crippen molar-refractivity contribution in [2.75, 3.05) is 25.4 Å². The maximum absolute atomic E-state index is 13.5. The SMILES string of the molecule is CCC1CCCCN1C(=O)CSc1nnc(CN2CCCCC2)n1-c1ccc(F)cc1. The largest absolute Gasteiger partial charge is 0.339 e. The average Bonchev–Trinajstić information content (AvgIpc) is 3.21. The number of carbonyl (C=O) groups is 1. The molecule has 2 aliphatic heterocycles. The van der Waals surface area contributed by atoms with Crippen LogP contribution in [-0.2, 0) is 11.3 Å². The van der Waals surface area contributed by atoms with E-state index in [1.807, 2.05) is 9.47 Å². The third-order valence-corrected chi connectivity index (χ3v) is 7.26. The van der Waals surface area contributed by atoms with E-state index >= 15 is 0 Å². The number of carbonyl (C=O) groups excluding carboxylic acids is 1. The summed E-state index contributed by atoms with van der Waals surface area (Å²) in [6, 6.07) is 6.77. The van der Waals surface area contributed by atoms with Crippen LogP contribution < -0.4 is 0 Å². The predicted octanol–water partition coefficient (Wildman–Crippen LogP) is 4.28. The van der Waals surface area contributed by atoms with Crippen LogP contribution in [0.2, 0.25) is 0 Å². The number of rotatable bonds is 7. The van der Waals surface area contributed by atoms with Crippen molar-refractivity contribution >= 4 is 17.7 Å². The molecule has 1 aromatic heterocycles. The van der Waals surface area contributed by atoms with Crippen LogP contribution in [0.5, 0.6) is 0 Å². The smallest absolute Gasteiger partial charge is 0.233 e. The number of nitrogens with zero attached hydrogens (tertiary/aromatic N) is 5. The van der Waals surface area contributed by atoms with Crippen LogP contribution in [-0.4, -0.2) is 61.9 Å². The number of hydrogen-bond donors (Lipinski definition) is 0. The summed E-state index contributed by atoms with van der Waals surface area (Å²) in [7, 11) is 0. The standard InChI is InChI=1S/C23H32FN5OS/c1-2-19-8-4-7-15-28(19)22(30)17-31-23-26-25-21(16-27-13-5-3-6-14-27)29(23)20-11-9-18(24)10-12-20/h9-12,19H,2-8,13-17H2,1H3. The van der Waals surface area contributed by atoms with Crippen LogP contribution in [0.3, 0.4) is 0 Å². The van der Waals surface area contributed by atoms with Gasteiger partial charge in [-0.05, 0) is 75.9 Å². The number of halogens is 1. The van der Waals surface area contributed by atoms with Gasteiger partial charge in [-0.15, -0.1) is 10.2 Å². The van der Waals surface area contributed by atoms with Gasteiger partial charge in [0.15, 0.2) is 11.0 Å². The maximum Gasteiger partial charge on any atom is 0.233 e. The fourth-order valence-corrected chi connectivity index (χ4v) is 5.48. The van der Waals surface area contributed by atoms with Gasteiger partial charge in [-0.25, -0.2) is 4.39 Å². The van der Waals surface area contributed by atoms with Crippen LogP contribution in [0.1, 0.15) is 57.7 Å². The summed E-state index contributed by atoms with van der Waals surface area (Å²) >= 11 is 1.43. The van der Waals surface area contributed by atoms with Crippen molar-refractivity contribution in [3.63, 3.8) is 0 Å². The molecule has 0 radical (unpaired) electrons. The topological polar surface area (TPSA) is 54.3 Å². The molecule has 1 atom stereocenters. The number of aromatic nitrogens is 3. The number of benzene rings is 1. The zero-order chi connectivity index (χ0) is 21.6. The summed E-state index contributed by atoms with van der Waals surface area (Å²) in [6.45, 7) is 5.84. The first-order valence-electron chi connectivity index (χ1n) is 11.5. The van der Waals surface area contributed by atoms with Crippen molar-refractivity contribution in [2.24, 2.45) is 0 Å². The lowest BCUT2D eigenvalue weighted by Crippen LogP contribution is -2.44. The van der Waals surface area contributed by atoms with E-state index < -0.39 is 0 Å². The van der Waals surface area contributed by atoms with Crippen LogP contribution in [0.25, 0.3) is 5.69 Å². The molecule has 168 valence electrons. The molecule has 3 heterocycles. The maximum atomic E-state index is 13.5. The van der Waals surface area contributed by atoms with Gasteiger partial charge in [0, 0.05) is 18.3 Å². The molecule has 2 fully saturated rings. The zero-order valence-electron chi connectivity index (χ0n) is 18.3. The molecule has 0 bridgehead atoms. The second kappa shape index (κ2) is 10.6. The van der Waals surface area contributed by atoms with Crippen molar-refractivity contribution in [1.82, 2.24) is 24.6 Å². The van der Waals surface area contributed by atoms with Crippen molar-refractivity contribution in [2.45, 2.75) is 69.6 Å². The minimum absolute atomic E-state index is 0.169. The first-order valence-corrected chi connectivity index (χ1v) is 12.5. The molecule has 1 amide bonds. The Morgan fingerprint density at radius 3 is 2.55 bits per heavy atom. The van der Waals surface area contributed by atoms with E-state index in [2.05, 4.69) is 22.0 Å². The molecule has 31 heavy (non-hydrogen) atoms. The molecular weight excluding hydrogens is 413 g/mol. The first-order chi connectivity index (χ1) is 15.2. The Labute approximate surface area is 188 Å². The Hall–Kier alpha value is -1.93. The number of likely N-dealkylation sites (tertiary alicyclic amines) is 2. The highest BCUT2D eigenvalue weighted by molar-refractivity contribution is 7.99. The molecule has 2 saturated heterocycles. The molecule has 0 saturated carbocycles. The number of hydrogen-bond acceptors (Lipinski definition) is 5. The van der Waals surface area contributed by atoms with E-state index in [-0.39, 0.29) is 11.7 Å². The van der Waals surface area contributed by atoms with E-state index in [9.17, 15) is 9.18 Å². The number of piperidine rings is 2. The highest BCUT2D eigenvalue weighted by Gasteiger charge is 2.26. The molecule has 6 nitrogen and oxygen atoms in total. The van der Waals surface area contributed by atoms with Crippen LogP contribution in [0, 0.1) is 5.82 Å². The minimum atomic E-state index is -0.269. The third kappa shape index (κ3) is 5.47. The Kier molecular flexibility index (Phi) is 7.61. The normalized spacial score (nSPS) is 20.2. The summed E-state index contributed by atoms with van der Waals surface area (Å²) in [5.74, 6) is 1.09. The van der Waals surface area contributed by atoms with Crippen molar-refractivity contribution in [3.8, 4) is 5.69 Å². The van der Waals surface area contributed by atoms with E-state index in [4.69, 9.17) is 0 Å². The van der Waals surface area contributed by atoms with Gasteiger partial charge in [-0.1, -0.05) is 25.1 Å². The second-order valence-corrected chi connectivity index (χ2v) is 9.42. The van der Waals surface area contributed by atoms with Crippen molar-refractivity contribution < 1.29 is 9.18 Å². The van der Waals surface area contributed by atoms with Gasteiger partial charge in [0.1, 0.15) is 5.82 Å². The minimum Gasteiger partial charge on any atom is -0.339 e. The lowest BCUT2D eigenvalue weighted by molar-refractivity contribution is -0.132. The summed E-state index contributed by atoms with van der Waals surface area (Å²) in [4.78, 5) is 17.4. The van der Waals surface area contributed by atoms with Gasteiger partial charge in [-0.2, -0.15) is 0 Å². The Morgan fingerprint density at radius 2 is 1.81 bits per heavy atom. The van der Waals surface area contributed by atoms with Crippen molar-refractivity contribution in [1.29, 1.82) is 0 Å². The highest BCUT2D eigenvalue weighted by Crippen LogP contribution is 2.26. The molecule has 4 rings (SSSR count). The Balaban J connectivity index is 1.52. The molecule has 0 aliphatic carbocycles. The van der Waals surface area contributed by atoms with Gasteiger partial charge in [0.2, 0.25) is 5.91 Å². The number of amides is 1. The average molecular weight is 446 g/mol. The third-order valence-electron chi connectivity index (χ3n) is 6.34. The second-order valence-electron chi connectivity index (χ2n) is 8.48. The highest BCUT2D eigenvalue weighted by atomic mass is 32.2. The Morgan fingerprint density at radius 1 is 1.06 bits per heavy atom. The molecule has 2 aliphatic rings. The summed E-state index contributed by atoms with van der Waals surface area (Å²) in [5.41, 5.74) is 0.831. The monoisotopic (exact) mass is 445 g/mol. The first kappa shape index (κ1) is 22.3. The van der Waals surface area contributed by atoms with Crippen LogP contribution in [0.15, 0.2) is 29.4 Å². The summed E-state index contributed by atoms with van der Waals surface area (Å²) in [5, 5.41) is 9.58. The van der Waals surface area contributed by atoms with E-state index in [0.29, 0.717) is 23.5 Å². The summed E-state index contributed by atoms with van der Waals surface area (Å²) < 4.78 is 15.5. The van der Waals surface area contributed by atoms with Crippen LogP contribution in [0.4, 0.5) is 4.39 Å². The zero-order valence-corrected chi connectivity index (χ0v) is 19.1. The molecular formula is C23H32FN5OS. The fourth-order valence-electron chi connectivity index (χ4n) is 4.63. The van der Waals surface area contributed by atoms with Gasteiger partial charge >= 0.3 is 0 Å². The van der Waals surface area contributed by atoms with E-state index in [0.717, 1.165) is 50.4 Å². The summed E-state index contributed by atoms with van der Waals surface area (Å²) in [6.07, 6.45) is 8.07. The van der Waals surface area contributed by atoms with Gasteiger partial charge in [0.05, 0.1) is 12.3 Å². The molecule has 1 aromatic carbocycles. The molecule has 1 unspecified atom stereocenters. The lowest BCUT2D eigenvalue weighted by atomic mass is 10.0. The Bertz CT molecular complexity index is 865. The quantitative estimate of drug-likeness (QED) is 0.596. The van der Waals surface area contributed by atoms with Crippen molar-refractivity contribution in [3.05, 3.63) is 35.9 Å². The molecule has 0 spiro atoms. The van der Waals surface area contributed by atoms with Crippen LogP contribution >= 0.6 is 11.8 Å².